The zero-order valence-corrected chi connectivity index (χ0v) is 12.7. The maximum absolute atomic E-state index is 11.1. The van der Waals surface area contributed by atoms with Gasteiger partial charge in [-0.05, 0) is 32.3 Å². The quantitative estimate of drug-likeness (QED) is 0.715. The maximum Gasteiger partial charge on any atom is 0.337 e. The molecule has 106 valence electrons. The molecule has 0 saturated carbocycles. The molecule has 0 aliphatic carbocycles. The van der Waals surface area contributed by atoms with E-state index in [1.807, 2.05) is 19.0 Å². The Bertz CT molecular complexity index is 424. The third kappa shape index (κ3) is 6.04. The van der Waals surface area contributed by atoms with Gasteiger partial charge < -0.3 is 20.1 Å². The van der Waals surface area contributed by atoms with Crippen LogP contribution in [-0.4, -0.2) is 56.4 Å². The van der Waals surface area contributed by atoms with Crippen molar-refractivity contribution < 1.29 is 14.6 Å². The maximum atomic E-state index is 11.1. The van der Waals surface area contributed by atoms with Crippen molar-refractivity contribution in [3.63, 3.8) is 0 Å². The van der Waals surface area contributed by atoms with Gasteiger partial charge in [0.05, 0.1) is 18.8 Å². The first kappa shape index (κ1) is 15.9. The number of halogens is 1. The second kappa shape index (κ2) is 8.14. The van der Waals surface area contributed by atoms with Crippen LogP contribution >= 0.6 is 15.9 Å². The molecule has 5 nitrogen and oxygen atoms in total. The van der Waals surface area contributed by atoms with Gasteiger partial charge in [0.25, 0.3) is 0 Å². The van der Waals surface area contributed by atoms with Crippen molar-refractivity contribution >= 4 is 27.6 Å². The molecule has 19 heavy (non-hydrogen) atoms. The van der Waals surface area contributed by atoms with Crippen LogP contribution in [0.5, 0.6) is 0 Å². The third-order valence-electron chi connectivity index (χ3n) is 2.46. The monoisotopic (exact) mass is 330 g/mol. The van der Waals surface area contributed by atoms with Gasteiger partial charge >= 0.3 is 5.97 Å². The van der Waals surface area contributed by atoms with Crippen molar-refractivity contribution in [1.29, 1.82) is 0 Å². The summed E-state index contributed by atoms with van der Waals surface area (Å²) in [6.07, 6.45) is 0. The van der Waals surface area contributed by atoms with E-state index in [0.717, 1.165) is 11.0 Å². The Morgan fingerprint density at radius 2 is 2.16 bits per heavy atom. The van der Waals surface area contributed by atoms with Gasteiger partial charge in [-0.25, -0.2) is 4.79 Å². The largest absolute Gasteiger partial charge is 0.478 e. The summed E-state index contributed by atoms with van der Waals surface area (Å²) < 4.78 is 6.27. The number of nitrogens with one attached hydrogen (secondary N) is 1. The van der Waals surface area contributed by atoms with Gasteiger partial charge in [0.2, 0.25) is 0 Å². The highest BCUT2D eigenvalue weighted by Gasteiger charge is 2.09. The van der Waals surface area contributed by atoms with Gasteiger partial charge in [0.1, 0.15) is 0 Å². The fourth-order valence-electron chi connectivity index (χ4n) is 1.46. The lowest BCUT2D eigenvalue weighted by Gasteiger charge is -2.12. The number of ether oxygens (including phenoxy) is 1. The van der Waals surface area contributed by atoms with Crippen molar-refractivity contribution in [2.75, 3.05) is 45.7 Å². The number of carboxylic acid groups (broad SMARTS) is 1. The first-order valence-corrected chi connectivity index (χ1v) is 6.79. The Morgan fingerprint density at radius 1 is 1.42 bits per heavy atom. The number of hydrogen-bond acceptors (Lipinski definition) is 4. The van der Waals surface area contributed by atoms with E-state index in [2.05, 4.69) is 21.2 Å². The van der Waals surface area contributed by atoms with Crippen molar-refractivity contribution in [2.24, 2.45) is 0 Å². The summed E-state index contributed by atoms with van der Waals surface area (Å²) >= 11 is 3.33. The zero-order valence-electron chi connectivity index (χ0n) is 11.1. The summed E-state index contributed by atoms with van der Waals surface area (Å²) in [7, 11) is 3.98. The molecule has 0 aliphatic heterocycles. The number of nitrogens with zero attached hydrogens (tertiary/aromatic N) is 1. The number of anilines is 1. The summed E-state index contributed by atoms with van der Waals surface area (Å²) in [6, 6.07) is 5.03. The van der Waals surface area contributed by atoms with Gasteiger partial charge in [-0.15, -0.1) is 0 Å². The molecule has 0 fully saturated rings. The summed E-state index contributed by atoms with van der Waals surface area (Å²) in [5, 5.41) is 12.1. The number of likely N-dealkylation sites (N-methyl/N-ethyl adjacent to an activating group) is 1. The number of aromatic carboxylic acids is 1. The Morgan fingerprint density at radius 3 is 2.79 bits per heavy atom. The highest BCUT2D eigenvalue weighted by atomic mass is 79.9. The van der Waals surface area contributed by atoms with Gasteiger partial charge in [0, 0.05) is 23.2 Å². The number of carboxylic acids is 1. The minimum Gasteiger partial charge on any atom is -0.478 e. The minimum atomic E-state index is -0.941. The average Bonchev–Trinajstić information content (AvgIpc) is 2.33. The van der Waals surface area contributed by atoms with Crippen LogP contribution < -0.4 is 5.32 Å². The second-order valence-electron chi connectivity index (χ2n) is 4.34. The number of hydrogen-bond donors (Lipinski definition) is 2. The average molecular weight is 331 g/mol. The Kier molecular flexibility index (Phi) is 6.83. The van der Waals surface area contributed by atoms with Gasteiger partial charge in [-0.1, -0.05) is 15.9 Å². The van der Waals surface area contributed by atoms with Crippen LogP contribution in [0.15, 0.2) is 22.7 Å². The van der Waals surface area contributed by atoms with E-state index in [0.29, 0.717) is 25.4 Å². The summed E-state index contributed by atoms with van der Waals surface area (Å²) in [4.78, 5) is 13.1. The fourth-order valence-corrected chi connectivity index (χ4v) is 1.82. The Hall–Kier alpha value is -1.11. The Balaban J connectivity index is 2.40. The molecule has 0 unspecified atom stereocenters. The molecule has 1 aromatic carbocycles. The Labute approximate surface area is 121 Å². The molecule has 0 heterocycles. The molecule has 0 aromatic heterocycles. The van der Waals surface area contributed by atoms with Crippen LogP contribution in [-0.2, 0) is 4.74 Å². The van der Waals surface area contributed by atoms with E-state index in [9.17, 15) is 4.79 Å². The van der Waals surface area contributed by atoms with Crippen LogP contribution in [0.4, 0.5) is 5.69 Å². The van der Waals surface area contributed by atoms with Gasteiger partial charge in [-0.3, -0.25) is 0 Å². The van der Waals surface area contributed by atoms with Crippen LogP contribution in [0, 0.1) is 0 Å². The smallest absolute Gasteiger partial charge is 0.337 e. The van der Waals surface area contributed by atoms with E-state index >= 15 is 0 Å². The van der Waals surface area contributed by atoms with Crippen LogP contribution in [0.3, 0.4) is 0 Å². The predicted octanol–water partition coefficient (Wildman–Crippen LogP) is 2.14. The van der Waals surface area contributed by atoms with Crippen LogP contribution in [0.25, 0.3) is 0 Å². The molecular formula is C13H19BrN2O3. The lowest BCUT2D eigenvalue weighted by molar-refractivity contribution is 0.0697. The van der Waals surface area contributed by atoms with E-state index < -0.39 is 5.97 Å². The standard InChI is InChI=1S/C13H19BrN2O3/c1-16(2)6-8-19-7-5-15-12-9-10(14)3-4-11(12)13(17)18/h3-4,9,15H,5-8H2,1-2H3,(H,17,18). The molecule has 0 saturated heterocycles. The first-order chi connectivity index (χ1) is 9.00. The molecular weight excluding hydrogens is 312 g/mol. The second-order valence-corrected chi connectivity index (χ2v) is 5.25. The van der Waals surface area contributed by atoms with Crippen molar-refractivity contribution in [3.05, 3.63) is 28.2 Å². The SMILES string of the molecule is CN(C)CCOCCNc1cc(Br)ccc1C(=O)O. The normalized spacial score (nSPS) is 10.7. The van der Waals surface area contributed by atoms with Crippen LogP contribution in [0.2, 0.25) is 0 Å². The molecule has 1 rings (SSSR count). The van der Waals surface area contributed by atoms with E-state index in [1.165, 1.54) is 0 Å². The van der Waals surface area contributed by atoms with Crippen molar-refractivity contribution in [1.82, 2.24) is 4.90 Å². The first-order valence-electron chi connectivity index (χ1n) is 6.00. The number of rotatable bonds is 8. The van der Waals surface area contributed by atoms with Crippen LogP contribution in [0.1, 0.15) is 10.4 Å². The molecule has 2 N–H and O–H groups in total. The summed E-state index contributed by atoms with van der Waals surface area (Å²) in [6.45, 7) is 2.65. The summed E-state index contributed by atoms with van der Waals surface area (Å²) in [5.74, 6) is -0.941. The van der Waals surface area contributed by atoms with E-state index in [-0.39, 0.29) is 5.56 Å². The van der Waals surface area contributed by atoms with E-state index in [4.69, 9.17) is 9.84 Å². The number of benzene rings is 1. The third-order valence-corrected chi connectivity index (χ3v) is 2.95. The lowest BCUT2D eigenvalue weighted by Crippen LogP contribution is -2.20. The molecule has 1 aromatic rings. The van der Waals surface area contributed by atoms with Gasteiger partial charge in [-0.2, -0.15) is 0 Å². The molecule has 0 amide bonds. The van der Waals surface area contributed by atoms with E-state index in [1.54, 1.807) is 18.2 Å². The zero-order chi connectivity index (χ0) is 14.3. The van der Waals surface area contributed by atoms with Crippen molar-refractivity contribution in [3.8, 4) is 0 Å². The minimum absolute atomic E-state index is 0.261. The molecule has 0 radical (unpaired) electrons. The summed E-state index contributed by atoms with van der Waals surface area (Å²) in [5.41, 5.74) is 0.856. The molecule has 0 atom stereocenters. The highest BCUT2D eigenvalue weighted by Crippen LogP contribution is 2.21. The topological polar surface area (TPSA) is 61.8 Å². The molecule has 0 spiro atoms. The fraction of sp³-hybridized carbons (Fsp3) is 0.462. The molecule has 0 bridgehead atoms. The number of carbonyl (C=O) groups is 1. The highest BCUT2D eigenvalue weighted by molar-refractivity contribution is 9.10. The lowest BCUT2D eigenvalue weighted by atomic mass is 10.2. The van der Waals surface area contributed by atoms with Crippen molar-refractivity contribution in [2.45, 2.75) is 0 Å². The van der Waals surface area contributed by atoms with Gasteiger partial charge in [0.15, 0.2) is 0 Å². The predicted molar refractivity (Wildman–Crippen MR) is 79.0 cm³/mol. The molecule has 0 aliphatic rings. The molecule has 6 heteroatoms.